The largest absolute Gasteiger partial charge is 0.493 e. The summed E-state index contributed by atoms with van der Waals surface area (Å²) < 4.78 is 19.3. The third kappa shape index (κ3) is 5.73. The van der Waals surface area contributed by atoms with Gasteiger partial charge in [-0.1, -0.05) is 18.2 Å². The number of rotatable bonds is 2. The summed E-state index contributed by atoms with van der Waals surface area (Å²) in [4.78, 5) is 39.7. The average Bonchev–Trinajstić information content (AvgIpc) is 2.92. The Bertz CT molecular complexity index is 1400. The van der Waals surface area contributed by atoms with E-state index in [1.165, 1.54) is 10.6 Å². The van der Waals surface area contributed by atoms with Crippen LogP contribution in [0.2, 0.25) is 0 Å². The number of aromatic nitrogens is 1. The van der Waals surface area contributed by atoms with E-state index in [1.807, 2.05) is 42.5 Å². The van der Waals surface area contributed by atoms with Gasteiger partial charge in [0, 0.05) is 38.8 Å². The molecule has 0 radical (unpaired) electrons. The zero-order valence-corrected chi connectivity index (χ0v) is 21.5. The Hall–Kier alpha value is -4.11. The number of carbonyl (C=O) groups excluding carboxylic acids is 2. The molecule has 3 aromatic rings. The van der Waals surface area contributed by atoms with Crippen LogP contribution in [-0.2, 0) is 29.6 Å². The maximum atomic E-state index is 13.2. The van der Waals surface area contributed by atoms with Crippen LogP contribution < -0.4 is 20.3 Å². The lowest BCUT2D eigenvalue weighted by Gasteiger charge is -2.39. The molecule has 38 heavy (non-hydrogen) atoms. The lowest BCUT2D eigenvalue weighted by atomic mass is 10.00. The van der Waals surface area contributed by atoms with Gasteiger partial charge in [-0.25, -0.2) is 0 Å². The number of methoxy groups -OCH3 is 1. The van der Waals surface area contributed by atoms with Gasteiger partial charge < -0.3 is 29.0 Å². The minimum atomic E-state index is -0.372. The highest BCUT2D eigenvalue weighted by Gasteiger charge is 2.34. The average molecular weight is 518 g/mol. The highest BCUT2D eigenvalue weighted by atomic mass is 16.5. The van der Waals surface area contributed by atoms with E-state index in [4.69, 9.17) is 14.2 Å². The van der Waals surface area contributed by atoms with Gasteiger partial charge in [0.05, 0.1) is 31.4 Å². The molecule has 4 bridgehead atoms. The second-order valence-corrected chi connectivity index (χ2v) is 9.66. The van der Waals surface area contributed by atoms with E-state index in [0.717, 1.165) is 11.1 Å². The standard InChI is InChI=1S/C29H31N3O6/c1-31-16-21(8-11-28(31)34)29(35)32-13-12-24-23(17-32)30-27(33)10-7-19-6-9-25(36-2)26(15-19)38-22-5-3-4-20(14-22)18-37-24/h3-6,8-9,11,14-16,23-24H,7,10,12-13,17-18H2,1-2H3,(H,30,33)/t23-,24+/m0/s1. The fraction of sp³-hybridized carbons (Fsp3) is 0.345. The van der Waals surface area contributed by atoms with Crippen molar-refractivity contribution in [2.45, 2.75) is 38.0 Å². The van der Waals surface area contributed by atoms with Gasteiger partial charge in [0.2, 0.25) is 11.5 Å². The Morgan fingerprint density at radius 3 is 2.74 bits per heavy atom. The van der Waals surface area contributed by atoms with E-state index in [1.54, 1.807) is 31.3 Å². The fourth-order valence-corrected chi connectivity index (χ4v) is 4.88. The summed E-state index contributed by atoms with van der Waals surface area (Å²) in [5.41, 5.74) is 2.13. The smallest absolute Gasteiger partial charge is 0.255 e. The van der Waals surface area contributed by atoms with Crippen LogP contribution in [0.15, 0.2) is 65.6 Å². The second-order valence-electron chi connectivity index (χ2n) is 9.66. The maximum absolute atomic E-state index is 13.2. The van der Waals surface area contributed by atoms with E-state index in [9.17, 15) is 14.4 Å². The summed E-state index contributed by atoms with van der Waals surface area (Å²) in [6, 6.07) is 15.9. The number of likely N-dealkylation sites (tertiary alicyclic amines) is 1. The molecule has 9 heteroatoms. The first-order valence-corrected chi connectivity index (χ1v) is 12.7. The van der Waals surface area contributed by atoms with Crippen molar-refractivity contribution in [3.8, 4) is 17.2 Å². The molecular weight excluding hydrogens is 486 g/mol. The topological polar surface area (TPSA) is 99.1 Å². The van der Waals surface area contributed by atoms with Crippen molar-refractivity contribution in [2.24, 2.45) is 7.05 Å². The van der Waals surface area contributed by atoms with Crippen LogP contribution in [0.1, 0.15) is 34.3 Å². The third-order valence-corrected chi connectivity index (χ3v) is 6.97. The molecule has 2 aromatic carbocycles. The first kappa shape index (κ1) is 25.5. The van der Waals surface area contributed by atoms with E-state index >= 15 is 0 Å². The van der Waals surface area contributed by atoms with Crippen LogP contribution in [0.3, 0.4) is 0 Å². The molecule has 0 saturated carbocycles. The first-order chi connectivity index (χ1) is 18.4. The van der Waals surface area contributed by atoms with Crippen LogP contribution in [0.4, 0.5) is 0 Å². The SMILES string of the molecule is COc1ccc2cc1Oc1cccc(c1)CO[C@@H]1CCN(C(=O)c3ccc(=O)n(C)c3)C[C@@H]1NC(=O)CC2. The molecule has 2 aliphatic heterocycles. The summed E-state index contributed by atoms with van der Waals surface area (Å²) in [6.45, 7) is 1.13. The zero-order valence-electron chi connectivity index (χ0n) is 21.5. The summed E-state index contributed by atoms with van der Waals surface area (Å²) in [7, 11) is 3.21. The molecule has 2 aliphatic rings. The third-order valence-electron chi connectivity index (χ3n) is 6.97. The summed E-state index contributed by atoms with van der Waals surface area (Å²) in [5.74, 6) is 1.56. The summed E-state index contributed by atoms with van der Waals surface area (Å²) in [6.07, 6.45) is 2.64. The number of hydrogen-bond acceptors (Lipinski definition) is 6. The molecule has 198 valence electrons. The Balaban J connectivity index is 1.39. The maximum Gasteiger partial charge on any atom is 0.255 e. The monoisotopic (exact) mass is 517 g/mol. The van der Waals surface area contributed by atoms with Crippen LogP contribution in [0, 0.1) is 0 Å². The highest BCUT2D eigenvalue weighted by Crippen LogP contribution is 2.33. The predicted octanol–water partition coefficient (Wildman–Crippen LogP) is 3.05. The van der Waals surface area contributed by atoms with Crippen molar-refractivity contribution in [1.82, 2.24) is 14.8 Å². The number of nitrogens with one attached hydrogen (secondary N) is 1. The van der Waals surface area contributed by atoms with Gasteiger partial charge >= 0.3 is 0 Å². The van der Waals surface area contributed by atoms with Crippen LogP contribution in [0.5, 0.6) is 17.2 Å². The Morgan fingerprint density at radius 2 is 1.92 bits per heavy atom. The Morgan fingerprint density at radius 1 is 1.05 bits per heavy atom. The molecule has 0 spiro atoms. The summed E-state index contributed by atoms with van der Waals surface area (Å²) in [5, 5.41) is 3.11. The predicted molar refractivity (Wildman–Crippen MR) is 141 cm³/mol. The van der Waals surface area contributed by atoms with Crippen LogP contribution in [0.25, 0.3) is 0 Å². The van der Waals surface area contributed by atoms with Crippen molar-refractivity contribution in [3.63, 3.8) is 0 Å². The van der Waals surface area contributed by atoms with Gasteiger partial charge in [-0.15, -0.1) is 0 Å². The number of pyridine rings is 1. The van der Waals surface area contributed by atoms with Gasteiger partial charge in [0.25, 0.3) is 5.91 Å². The van der Waals surface area contributed by atoms with E-state index in [2.05, 4.69) is 5.32 Å². The molecule has 1 saturated heterocycles. The molecule has 0 unspecified atom stereocenters. The van der Waals surface area contributed by atoms with Crippen molar-refractivity contribution >= 4 is 11.8 Å². The van der Waals surface area contributed by atoms with Gasteiger partial charge in [0.15, 0.2) is 11.5 Å². The second kappa shape index (κ2) is 11.1. The number of aryl methyl sites for hydroxylation is 2. The van der Waals surface area contributed by atoms with Crippen molar-refractivity contribution in [2.75, 3.05) is 20.2 Å². The number of ether oxygens (including phenoxy) is 3. The molecule has 2 atom stereocenters. The Kier molecular flexibility index (Phi) is 7.46. The lowest BCUT2D eigenvalue weighted by Crippen LogP contribution is -2.57. The van der Waals surface area contributed by atoms with Gasteiger partial charge in [-0.05, 0) is 54.3 Å². The van der Waals surface area contributed by atoms with Crippen molar-refractivity contribution in [1.29, 1.82) is 0 Å². The van der Waals surface area contributed by atoms with Crippen molar-refractivity contribution in [3.05, 3.63) is 87.8 Å². The number of amides is 2. The Labute approximate surface area is 220 Å². The van der Waals surface area contributed by atoms with Gasteiger partial charge in [0.1, 0.15) is 5.75 Å². The number of carbonyl (C=O) groups is 2. The van der Waals surface area contributed by atoms with Gasteiger partial charge in [-0.3, -0.25) is 14.4 Å². The number of hydrogen-bond donors (Lipinski definition) is 1. The van der Waals surface area contributed by atoms with Gasteiger partial charge in [-0.2, -0.15) is 0 Å². The number of piperidine rings is 1. The normalized spacial score (nSPS) is 19.7. The number of nitrogens with zero attached hydrogens (tertiary/aromatic N) is 2. The molecule has 2 amide bonds. The minimum absolute atomic E-state index is 0.117. The van der Waals surface area contributed by atoms with E-state index in [-0.39, 0.29) is 35.9 Å². The fourth-order valence-electron chi connectivity index (χ4n) is 4.88. The summed E-state index contributed by atoms with van der Waals surface area (Å²) >= 11 is 0. The van der Waals surface area contributed by atoms with E-state index < -0.39 is 0 Å². The first-order valence-electron chi connectivity index (χ1n) is 12.7. The molecular formula is C29H31N3O6. The number of benzene rings is 2. The van der Waals surface area contributed by atoms with E-state index in [0.29, 0.717) is 55.4 Å². The molecule has 9 nitrogen and oxygen atoms in total. The minimum Gasteiger partial charge on any atom is -0.493 e. The molecule has 1 fully saturated rings. The molecule has 0 aliphatic carbocycles. The number of fused-ring (bicyclic) bond motifs is 5. The molecule has 5 rings (SSSR count). The molecule has 1 N–H and O–H groups in total. The zero-order chi connectivity index (χ0) is 26.6. The highest BCUT2D eigenvalue weighted by molar-refractivity contribution is 5.94. The molecule has 3 heterocycles. The molecule has 1 aromatic heterocycles. The lowest BCUT2D eigenvalue weighted by molar-refractivity contribution is -0.124. The quantitative estimate of drug-likeness (QED) is 0.561. The van der Waals surface area contributed by atoms with Crippen LogP contribution >= 0.6 is 0 Å². The van der Waals surface area contributed by atoms with Crippen molar-refractivity contribution < 1.29 is 23.8 Å². The van der Waals surface area contributed by atoms with Crippen LogP contribution in [-0.4, -0.2) is 53.6 Å².